The molecule has 2 unspecified atom stereocenters. The van der Waals surface area contributed by atoms with E-state index in [1.807, 2.05) is 6.08 Å². The van der Waals surface area contributed by atoms with Crippen LogP contribution in [0.25, 0.3) is 0 Å². The van der Waals surface area contributed by atoms with Crippen LogP contribution in [0.5, 0.6) is 0 Å². The van der Waals surface area contributed by atoms with Gasteiger partial charge in [-0.2, -0.15) is 0 Å². The van der Waals surface area contributed by atoms with Gasteiger partial charge >= 0.3 is 5.97 Å². The summed E-state index contributed by atoms with van der Waals surface area (Å²) in [6, 6.07) is -0.627. The van der Waals surface area contributed by atoms with Gasteiger partial charge in [-0.1, -0.05) is 289 Å². The van der Waals surface area contributed by atoms with Crippen molar-refractivity contribution in [3.8, 4) is 0 Å². The predicted octanol–water partition coefficient (Wildman–Crippen LogP) is 17.7. The summed E-state index contributed by atoms with van der Waals surface area (Å²) in [6.45, 7) is 4.90. The number of amides is 1. The molecule has 0 aliphatic carbocycles. The minimum absolute atomic E-state index is 0.0125. The number of aliphatic hydroxyl groups is 2. The second kappa shape index (κ2) is 54.2. The highest BCUT2D eigenvalue weighted by Crippen LogP contribution is 2.17. The molecule has 0 saturated heterocycles. The van der Waals surface area contributed by atoms with Gasteiger partial charge in [0, 0.05) is 12.8 Å². The normalized spacial score (nSPS) is 12.6. The summed E-state index contributed by atoms with van der Waals surface area (Å²) in [5.74, 6) is -0.0583. The van der Waals surface area contributed by atoms with Gasteiger partial charge in [0.2, 0.25) is 5.91 Å². The summed E-state index contributed by atoms with van der Waals surface area (Å²) in [6.07, 6.45) is 63.8. The molecule has 6 nitrogen and oxygen atoms in total. The number of ether oxygens (including phenoxy) is 1. The molecule has 0 aliphatic rings. The molecule has 380 valence electrons. The number of carbonyl (C=O) groups is 2. The first-order valence-electron chi connectivity index (χ1n) is 29.0. The molecule has 0 saturated carbocycles. The molecule has 2 atom stereocenters. The predicted molar refractivity (Wildman–Crippen MR) is 278 cm³/mol. The van der Waals surface area contributed by atoms with Crippen LogP contribution in [-0.4, -0.2) is 47.4 Å². The van der Waals surface area contributed by atoms with Gasteiger partial charge in [0.15, 0.2) is 0 Å². The molecule has 0 spiro atoms. The summed E-state index contributed by atoms with van der Waals surface area (Å²) in [7, 11) is 0. The molecule has 0 bridgehead atoms. The third-order valence-corrected chi connectivity index (χ3v) is 13.6. The fourth-order valence-corrected chi connectivity index (χ4v) is 9.11. The van der Waals surface area contributed by atoms with Crippen molar-refractivity contribution in [2.24, 2.45) is 0 Å². The van der Waals surface area contributed by atoms with Crippen molar-refractivity contribution in [2.45, 2.75) is 334 Å². The van der Waals surface area contributed by atoms with Crippen LogP contribution in [0.2, 0.25) is 0 Å². The minimum Gasteiger partial charge on any atom is -0.466 e. The molecule has 3 N–H and O–H groups in total. The summed E-state index contributed by atoms with van der Waals surface area (Å²) in [5, 5.41) is 23.0. The van der Waals surface area contributed by atoms with E-state index in [0.717, 1.165) is 38.5 Å². The average Bonchev–Trinajstić information content (AvgIpc) is 3.29. The van der Waals surface area contributed by atoms with E-state index in [1.165, 1.54) is 257 Å². The lowest BCUT2D eigenvalue weighted by atomic mass is 10.0. The standard InChI is InChI=1S/C58H113NO5/c1-3-5-7-9-11-13-15-16-17-21-25-28-32-36-40-44-48-52-58(63)64-53-49-45-41-37-33-29-26-23-20-18-19-22-24-27-31-35-39-43-47-51-57(62)59-55(54-60)56(61)50-46-42-38-34-30-14-12-10-8-6-4-2/h46,50,55-56,60-61H,3-45,47-49,51-54H2,1-2H3,(H,59,62)/b50-46+. The van der Waals surface area contributed by atoms with E-state index >= 15 is 0 Å². The van der Waals surface area contributed by atoms with E-state index in [-0.39, 0.29) is 18.5 Å². The maximum atomic E-state index is 12.4. The molecular weight excluding hydrogens is 791 g/mol. The van der Waals surface area contributed by atoms with Crippen LogP contribution in [0, 0.1) is 0 Å². The van der Waals surface area contributed by atoms with E-state index in [0.29, 0.717) is 19.4 Å². The number of aliphatic hydroxyl groups excluding tert-OH is 2. The van der Waals surface area contributed by atoms with Crippen molar-refractivity contribution in [2.75, 3.05) is 13.2 Å². The van der Waals surface area contributed by atoms with Gasteiger partial charge < -0.3 is 20.3 Å². The Morgan fingerprint density at radius 2 is 0.719 bits per heavy atom. The minimum atomic E-state index is -0.844. The lowest BCUT2D eigenvalue weighted by molar-refractivity contribution is -0.143. The molecule has 1 amide bonds. The first kappa shape index (κ1) is 62.6. The van der Waals surface area contributed by atoms with Crippen molar-refractivity contribution in [1.82, 2.24) is 5.32 Å². The largest absolute Gasteiger partial charge is 0.466 e. The third-order valence-electron chi connectivity index (χ3n) is 13.6. The van der Waals surface area contributed by atoms with E-state index in [4.69, 9.17) is 4.74 Å². The second-order valence-corrected chi connectivity index (χ2v) is 20.0. The maximum absolute atomic E-state index is 12.4. The van der Waals surface area contributed by atoms with Gasteiger partial charge in [-0.3, -0.25) is 9.59 Å². The topological polar surface area (TPSA) is 95.9 Å². The fourth-order valence-electron chi connectivity index (χ4n) is 9.11. The Labute approximate surface area is 399 Å². The molecule has 0 rings (SSSR count). The highest BCUT2D eigenvalue weighted by Gasteiger charge is 2.18. The van der Waals surface area contributed by atoms with Gasteiger partial charge in [-0.15, -0.1) is 0 Å². The Morgan fingerprint density at radius 3 is 1.06 bits per heavy atom. The molecule has 0 aromatic carbocycles. The lowest BCUT2D eigenvalue weighted by Gasteiger charge is -2.20. The highest BCUT2D eigenvalue weighted by molar-refractivity contribution is 5.76. The van der Waals surface area contributed by atoms with Crippen LogP contribution in [0.15, 0.2) is 12.2 Å². The molecule has 0 fully saturated rings. The van der Waals surface area contributed by atoms with E-state index in [9.17, 15) is 19.8 Å². The Hall–Kier alpha value is -1.40. The molecule has 64 heavy (non-hydrogen) atoms. The number of hydrogen-bond acceptors (Lipinski definition) is 5. The van der Waals surface area contributed by atoms with Gasteiger partial charge in [0.05, 0.1) is 25.4 Å². The average molecular weight is 905 g/mol. The monoisotopic (exact) mass is 904 g/mol. The van der Waals surface area contributed by atoms with Crippen molar-refractivity contribution in [1.29, 1.82) is 0 Å². The maximum Gasteiger partial charge on any atom is 0.305 e. The third kappa shape index (κ3) is 50.0. The Balaban J connectivity index is 3.37. The summed E-state index contributed by atoms with van der Waals surface area (Å²) in [4.78, 5) is 24.5. The first-order valence-corrected chi connectivity index (χ1v) is 29.0. The van der Waals surface area contributed by atoms with Crippen LogP contribution >= 0.6 is 0 Å². The summed E-state index contributed by atoms with van der Waals surface area (Å²) in [5.41, 5.74) is 0. The number of carbonyl (C=O) groups excluding carboxylic acids is 2. The number of allylic oxidation sites excluding steroid dienone is 1. The van der Waals surface area contributed by atoms with Crippen LogP contribution < -0.4 is 5.32 Å². The van der Waals surface area contributed by atoms with Gasteiger partial charge in [-0.05, 0) is 32.1 Å². The Morgan fingerprint density at radius 1 is 0.422 bits per heavy atom. The molecule has 0 radical (unpaired) electrons. The van der Waals surface area contributed by atoms with Crippen LogP contribution in [0.1, 0.15) is 322 Å². The number of nitrogens with one attached hydrogen (secondary N) is 1. The number of hydrogen-bond donors (Lipinski definition) is 3. The van der Waals surface area contributed by atoms with E-state index in [1.54, 1.807) is 6.08 Å². The number of rotatable bonds is 54. The SMILES string of the molecule is CCCCCCCCCCC/C=C/C(O)C(CO)NC(=O)CCCCCCCCCCCCCCCCCCCCCOC(=O)CCCCCCCCCCCCCCCCCCC. The van der Waals surface area contributed by atoms with Crippen LogP contribution in [0.3, 0.4) is 0 Å². The quantitative estimate of drug-likeness (QED) is 0.0321. The molecule has 0 aromatic heterocycles. The highest BCUT2D eigenvalue weighted by atomic mass is 16.5. The molecule has 0 aromatic rings. The van der Waals surface area contributed by atoms with E-state index in [2.05, 4.69) is 19.2 Å². The molecule has 0 heterocycles. The number of unbranched alkanes of at least 4 members (excludes halogenated alkanes) is 43. The first-order chi connectivity index (χ1) is 31.5. The zero-order valence-corrected chi connectivity index (χ0v) is 43.3. The fraction of sp³-hybridized carbons (Fsp3) is 0.931. The molecular formula is C58H113NO5. The smallest absolute Gasteiger partial charge is 0.305 e. The van der Waals surface area contributed by atoms with Crippen molar-refractivity contribution in [3.05, 3.63) is 12.2 Å². The Kier molecular flexibility index (Phi) is 53.0. The van der Waals surface area contributed by atoms with Crippen molar-refractivity contribution in [3.63, 3.8) is 0 Å². The second-order valence-electron chi connectivity index (χ2n) is 20.0. The molecule has 0 aliphatic heterocycles. The van der Waals surface area contributed by atoms with Crippen molar-refractivity contribution < 1.29 is 24.5 Å². The Bertz CT molecular complexity index is 955. The van der Waals surface area contributed by atoms with Gasteiger partial charge in [0.1, 0.15) is 0 Å². The van der Waals surface area contributed by atoms with Gasteiger partial charge in [-0.25, -0.2) is 0 Å². The summed E-state index contributed by atoms with van der Waals surface area (Å²) < 4.78 is 5.49. The van der Waals surface area contributed by atoms with E-state index < -0.39 is 12.1 Å². The van der Waals surface area contributed by atoms with Crippen LogP contribution in [0.4, 0.5) is 0 Å². The zero-order chi connectivity index (χ0) is 46.5. The number of esters is 1. The van der Waals surface area contributed by atoms with Crippen molar-refractivity contribution >= 4 is 11.9 Å². The van der Waals surface area contributed by atoms with Crippen LogP contribution in [-0.2, 0) is 14.3 Å². The zero-order valence-electron chi connectivity index (χ0n) is 43.3. The molecule has 6 heteroatoms. The summed E-state index contributed by atoms with van der Waals surface area (Å²) >= 11 is 0. The van der Waals surface area contributed by atoms with Gasteiger partial charge in [0.25, 0.3) is 0 Å². The lowest BCUT2D eigenvalue weighted by Crippen LogP contribution is -2.45.